The van der Waals surface area contributed by atoms with Crippen LogP contribution in [-0.2, 0) is 0 Å². The molecule has 0 fully saturated rings. The average molecular weight is 161 g/mol. The van der Waals surface area contributed by atoms with E-state index in [1.807, 2.05) is 6.92 Å². The molecule has 3 nitrogen and oxygen atoms in total. The Morgan fingerprint density at radius 3 is 2.70 bits per heavy atom. The van der Waals surface area contributed by atoms with E-state index in [0.717, 1.165) is 10.8 Å². The van der Waals surface area contributed by atoms with E-state index >= 15 is 0 Å². The van der Waals surface area contributed by atoms with E-state index in [2.05, 4.69) is 16.9 Å². The molecule has 0 aliphatic rings. The van der Waals surface area contributed by atoms with Crippen molar-refractivity contribution in [3.8, 4) is 0 Å². The quantitative estimate of drug-likeness (QED) is 0.466. The molecule has 0 aromatic carbocycles. The monoisotopic (exact) mass is 161 g/mol. The molecule has 0 saturated heterocycles. The van der Waals surface area contributed by atoms with Gasteiger partial charge in [-0.3, -0.25) is 4.99 Å². The molecule has 0 aliphatic carbocycles. The van der Waals surface area contributed by atoms with Crippen LogP contribution in [0.4, 0.5) is 0 Å². The number of hydrogen-bond donors (Lipinski definition) is 1. The maximum absolute atomic E-state index is 5.35. The predicted molar refractivity (Wildman–Crippen MR) is 50.9 cm³/mol. The zero-order chi connectivity index (χ0) is 7.98. The molecule has 0 aromatic rings. The topological polar surface area (TPSA) is 50.7 Å². The van der Waals surface area contributed by atoms with Crippen molar-refractivity contribution in [2.24, 2.45) is 15.7 Å². The van der Waals surface area contributed by atoms with Gasteiger partial charge >= 0.3 is 0 Å². The molecule has 0 aliphatic heterocycles. The van der Waals surface area contributed by atoms with Gasteiger partial charge in [0.1, 0.15) is 0 Å². The van der Waals surface area contributed by atoms with E-state index in [-0.39, 0.29) is 1.43 Å². The number of aliphatic imine (C=N–C) groups is 2. The third kappa shape index (κ3) is 4.38. The van der Waals surface area contributed by atoms with Gasteiger partial charge in [0.05, 0.1) is 5.04 Å². The van der Waals surface area contributed by atoms with E-state index in [1.165, 1.54) is 0 Å². The zero-order valence-corrected chi connectivity index (χ0v) is 7.40. The van der Waals surface area contributed by atoms with Crippen molar-refractivity contribution in [1.82, 2.24) is 0 Å². The smallest absolute Gasteiger partial charge is 0.215 e. The fourth-order valence-electron chi connectivity index (χ4n) is 0.452. The number of thioether (sulfide) groups is 1. The van der Waals surface area contributed by atoms with Gasteiger partial charge in [0.2, 0.25) is 5.96 Å². The van der Waals surface area contributed by atoms with Gasteiger partial charge < -0.3 is 5.73 Å². The summed E-state index contributed by atoms with van der Waals surface area (Å²) in [5.41, 5.74) is 5.35. The lowest BCUT2D eigenvalue weighted by molar-refractivity contribution is 1.36. The first kappa shape index (κ1) is 9.49. The molecular weight excluding hydrogens is 146 g/mol. The second kappa shape index (κ2) is 5.29. The maximum Gasteiger partial charge on any atom is 0.215 e. The molecule has 4 heteroatoms. The first-order valence-corrected chi connectivity index (χ1v) is 4.09. The Kier molecular flexibility index (Phi) is 5.02. The third-order valence-corrected chi connectivity index (χ3v) is 1.65. The van der Waals surface area contributed by atoms with Crippen molar-refractivity contribution in [3.63, 3.8) is 0 Å². The number of guanidine groups is 1. The van der Waals surface area contributed by atoms with Crippen LogP contribution < -0.4 is 5.73 Å². The highest BCUT2D eigenvalue weighted by atomic mass is 32.2. The Hall–Kier alpha value is -0.510. The van der Waals surface area contributed by atoms with Crippen molar-refractivity contribution in [3.05, 3.63) is 0 Å². The average Bonchev–Trinajstić information content (AvgIpc) is 1.88. The van der Waals surface area contributed by atoms with Crippen molar-refractivity contribution < 1.29 is 1.43 Å². The van der Waals surface area contributed by atoms with Crippen molar-refractivity contribution in [1.29, 1.82) is 0 Å². The summed E-state index contributed by atoms with van der Waals surface area (Å²) >= 11 is 1.66. The van der Waals surface area contributed by atoms with Crippen molar-refractivity contribution >= 4 is 22.8 Å². The van der Waals surface area contributed by atoms with Crippen LogP contribution in [0.5, 0.6) is 0 Å². The molecule has 0 unspecified atom stereocenters. The van der Waals surface area contributed by atoms with Crippen LogP contribution >= 0.6 is 11.8 Å². The number of nitrogens with zero attached hydrogens (tertiary/aromatic N) is 2. The van der Waals surface area contributed by atoms with Crippen LogP contribution in [0.25, 0.3) is 0 Å². The minimum Gasteiger partial charge on any atom is -0.368 e. The van der Waals surface area contributed by atoms with Gasteiger partial charge in [0.15, 0.2) is 0 Å². The Bertz CT molecular complexity index is 156. The summed E-state index contributed by atoms with van der Waals surface area (Å²) in [7, 11) is 1.63. The summed E-state index contributed by atoms with van der Waals surface area (Å²) in [4.78, 5) is 7.70. The molecule has 0 atom stereocenters. The summed E-state index contributed by atoms with van der Waals surface area (Å²) in [5, 5.41) is 0.964. The molecule has 10 heavy (non-hydrogen) atoms. The van der Waals surface area contributed by atoms with Gasteiger partial charge in [-0.2, -0.15) is 0 Å². The highest BCUT2D eigenvalue weighted by Gasteiger charge is 1.89. The minimum atomic E-state index is 0. The molecule has 0 bridgehead atoms. The first-order chi connectivity index (χ1) is 4.70. The summed E-state index contributed by atoms with van der Waals surface area (Å²) in [6.45, 7) is 4.00. The van der Waals surface area contributed by atoms with E-state index in [4.69, 9.17) is 5.73 Å². The molecule has 0 radical (unpaired) electrons. The predicted octanol–water partition coefficient (Wildman–Crippen LogP) is 1.35. The number of nitrogens with two attached hydrogens (primary N) is 1. The summed E-state index contributed by atoms with van der Waals surface area (Å²) in [6.07, 6.45) is 0. The molecule has 0 spiro atoms. The van der Waals surface area contributed by atoms with Crippen LogP contribution in [0.3, 0.4) is 0 Å². The van der Waals surface area contributed by atoms with Crippen molar-refractivity contribution in [2.45, 2.75) is 13.8 Å². The molecule has 0 amide bonds. The van der Waals surface area contributed by atoms with Gasteiger partial charge in [-0.15, -0.1) is 11.8 Å². The highest BCUT2D eigenvalue weighted by Crippen LogP contribution is 2.01. The zero-order valence-electron chi connectivity index (χ0n) is 6.59. The van der Waals surface area contributed by atoms with Gasteiger partial charge in [0, 0.05) is 8.47 Å². The van der Waals surface area contributed by atoms with Gasteiger partial charge in [-0.05, 0) is 12.7 Å². The van der Waals surface area contributed by atoms with Crippen LogP contribution in [0.2, 0.25) is 0 Å². The second-order valence-corrected chi connectivity index (χ2v) is 3.10. The fourth-order valence-corrected chi connectivity index (χ4v) is 1.03. The SMILES string of the molecule is CCS/C(C)=N/C(N)=NC.[HH]. The van der Waals surface area contributed by atoms with Crippen LogP contribution in [-0.4, -0.2) is 23.8 Å². The van der Waals surface area contributed by atoms with Crippen LogP contribution in [0.15, 0.2) is 9.98 Å². The van der Waals surface area contributed by atoms with E-state index in [0.29, 0.717) is 5.96 Å². The largest absolute Gasteiger partial charge is 0.368 e. The summed E-state index contributed by atoms with van der Waals surface area (Å²) in [6, 6.07) is 0. The van der Waals surface area contributed by atoms with Gasteiger partial charge in [0.25, 0.3) is 0 Å². The minimum absolute atomic E-state index is 0. The Labute approximate surface area is 67.3 Å². The molecule has 0 heterocycles. The first-order valence-electron chi connectivity index (χ1n) is 3.11. The molecule has 2 N–H and O–H groups in total. The number of hydrogen-bond acceptors (Lipinski definition) is 2. The summed E-state index contributed by atoms with van der Waals surface area (Å²) in [5.74, 6) is 1.37. The molecule has 60 valence electrons. The lowest BCUT2D eigenvalue weighted by Gasteiger charge is -1.94. The Morgan fingerprint density at radius 1 is 1.70 bits per heavy atom. The molecule has 0 aromatic heterocycles. The molecular formula is C6H15N3S. The van der Waals surface area contributed by atoms with Gasteiger partial charge in [-0.25, -0.2) is 4.99 Å². The van der Waals surface area contributed by atoms with Crippen LogP contribution in [0.1, 0.15) is 15.3 Å². The lowest BCUT2D eigenvalue weighted by atomic mass is 10.8. The summed E-state index contributed by atoms with van der Waals surface area (Å²) < 4.78 is 0. The van der Waals surface area contributed by atoms with E-state index < -0.39 is 0 Å². The van der Waals surface area contributed by atoms with Crippen molar-refractivity contribution in [2.75, 3.05) is 12.8 Å². The lowest BCUT2D eigenvalue weighted by Crippen LogP contribution is -2.09. The third-order valence-electron chi connectivity index (χ3n) is 0.854. The van der Waals surface area contributed by atoms with Gasteiger partial charge in [-0.1, -0.05) is 6.92 Å². The van der Waals surface area contributed by atoms with E-state index in [9.17, 15) is 0 Å². The maximum atomic E-state index is 5.35. The Morgan fingerprint density at radius 2 is 2.30 bits per heavy atom. The highest BCUT2D eigenvalue weighted by molar-refractivity contribution is 8.13. The van der Waals surface area contributed by atoms with Crippen LogP contribution in [0, 0.1) is 0 Å². The number of rotatable bonds is 1. The Balaban J connectivity index is 0. The molecule has 0 saturated carbocycles. The normalized spacial score (nSPS) is 13.9. The fraction of sp³-hybridized carbons (Fsp3) is 0.667. The second-order valence-electron chi connectivity index (χ2n) is 1.65. The standard InChI is InChI=1S/C6H13N3S.H2/c1-4-10-5(2)9-6(7)8-3;/h4H2,1-3H3,(H2,7,8);1H/b9-5+;. The molecule has 0 rings (SSSR count). The van der Waals surface area contributed by atoms with E-state index in [1.54, 1.807) is 18.8 Å².